The summed E-state index contributed by atoms with van der Waals surface area (Å²) < 4.78 is 19.8. The van der Waals surface area contributed by atoms with Crippen molar-refractivity contribution < 1.29 is 13.9 Å². The number of aromatic amines is 1. The minimum atomic E-state index is -0.432. The van der Waals surface area contributed by atoms with Crippen LogP contribution in [0, 0.1) is 5.82 Å². The molecule has 0 radical (unpaired) electrons. The van der Waals surface area contributed by atoms with E-state index in [2.05, 4.69) is 25.7 Å². The molecule has 1 aromatic heterocycles. The number of nitrogens with one attached hydrogen (secondary N) is 3. The lowest BCUT2D eigenvalue weighted by Gasteiger charge is -2.26. The van der Waals surface area contributed by atoms with Crippen LogP contribution in [0.2, 0.25) is 0 Å². The number of halogens is 1. The summed E-state index contributed by atoms with van der Waals surface area (Å²) in [5, 5.41) is 12.8. The number of ether oxygens (including phenoxy) is 1. The molecule has 1 aromatic carbocycles. The first-order valence-corrected chi connectivity index (χ1v) is 9.89. The van der Waals surface area contributed by atoms with Crippen LogP contribution in [0.1, 0.15) is 41.1 Å². The van der Waals surface area contributed by atoms with Gasteiger partial charge in [0.05, 0.1) is 25.1 Å². The lowest BCUT2D eigenvalue weighted by atomic mass is 9.81. The number of carbonyl (C=O) groups is 1. The zero-order valence-electron chi connectivity index (χ0n) is 15.8. The fourth-order valence-corrected chi connectivity index (χ4v) is 3.58. The number of aromatic nitrogens is 2. The van der Waals surface area contributed by atoms with Crippen LogP contribution in [-0.2, 0) is 4.74 Å². The Kier molecular flexibility index (Phi) is 5.87. The molecule has 4 rings (SSSR count). The Bertz CT molecular complexity index is 815. The minimum Gasteiger partial charge on any atom is -0.381 e. The van der Waals surface area contributed by atoms with Gasteiger partial charge in [0.1, 0.15) is 11.6 Å². The molecule has 2 heterocycles. The van der Waals surface area contributed by atoms with Gasteiger partial charge in [-0.1, -0.05) is 6.42 Å². The summed E-state index contributed by atoms with van der Waals surface area (Å²) in [5.74, 6) is 0.286. The molecule has 0 spiro atoms. The molecular weight excluding hydrogens is 361 g/mol. The van der Waals surface area contributed by atoms with Gasteiger partial charge in [-0.3, -0.25) is 14.8 Å². The summed E-state index contributed by atoms with van der Waals surface area (Å²) in [6.45, 7) is 4.77. The Morgan fingerprint density at radius 3 is 2.86 bits per heavy atom. The molecule has 2 fully saturated rings. The SMILES string of the molecule is O=C(Nc1[nH]ncc1C1CCC1)c1ccc(NCCN2CCOCC2)c(F)c1. The molecule has 150 valence electrons. The fraction of sp³-hybridized carbons (Fsp3) is 0.500. The van der Waals surface area contributed by atoms with Gasteiger partial charge in [-0.05, 0) is 37.0 Å². The van der Waals surface area contributed by atoms with E-state index in [-0.39, 0.29) is 11.5 Å². The predicted molar refractivity (Wildman–Crippen MR) is 105 cm³/mol. The molecule has 1 aliphatic carbocycles. The molecule has 0 bridgehead atoms. The quantitative estimate of drug-likeness (QED) is 0.681. The van der Waals surface area contributed by atoms with Gasteiger partial charge in [0.25, 0.3) is 5.91 Å². The maximum atomic E-state index is 14.4. The van der Waals surface area contributed by atoms with Gasteiger partial charge >= 0.3 is 0 Å². The monoisotopic (exact) mass is 387 g/mol. The Labute approximate surface area is 163 Å². The van der Waals surface area contributed by atoms with E-state index in [1.807, 2.05) is 0 Å². The van der Waals surface area contributed by atoms with Gasteiger partial charge in [0.2, 0.25) is 0 Å². The number of hydrogen-bond donors (Lipinski definition) is 3. The van der Waals surface area contributed by atoms with Crippen LogP contribution in [0.25, 0.3) is 0 Å². The highest BCUT2D eigenvalue weighted by Gasteiger charge is 2.24. The van der Waals surface area contributed by atoms with Gasteiger partial charge in [-0.25, -0.2) is 4.39 Å². The molecule has 28 heavy (non-hydrogen) atoms. The summed E-state index contributed by atoms with van der Waals surface area (Å²) in [5.41, 5.74) is 1.72. The first-order chi connectivity index (χ1) is 13.7. The molecule has 1 amide bonds. The smallest absolute Gasteiger partial charge is 0.256 e. The van der Waals surface area contributed by atoms with E-state index in [4.69, 9.17) is 4.74 Å². The van der Waals surface area contributed by atoms with Gasteiger partial charge in [-0.15, -0.1) is 0 Å². The molecule has 2 aliphatic rings. The lowest BCUT2D eigenvalue weighted by Crippen LogP contribution is -2.39. The van der Waals surface area contributed by atoms with Crippen molar-refractivity contribution in [2.45, 2.75) is 25.2 Å². The zero-order valence-corrected chi connectivity index (χ0v) is 15.8. The fourth-order valence-electron chi connectivity index (χ4n) is 3.58. The first kappa shape index (κ1) is 18.9. The zero-order chi connectivity index (χ0) is 19.3. The van der Waals surface area contributed by atoms with Crippen molar-refractivity contribution in [3.05, 3.63) is 41.3 Å². The molecule has 7 nitrogen and oxygen atoms in total. The Balaban J connectivity index is 1.33. The summed E-state index contributed by atoms with van der Waals surface area (Å²) >= 11 is 0. The third-order valence-electron chi connectivity index (χ3n) is 5.53. The standard InChI is InChI=1S/C20H26FN5O2/c21-17-12-15(4-5-18(17)22-6-7-26-8-10-28-11-9-26)20(27)24-19-16(13-23-25-19)14-2-1-3-14/h4-5,12-14,22H,1-3,6-11H2,(H2,23,24,25,27). The second-order valence-corrected chi connectivity index (χ2v) is 7.36. The number of amides is 1. The molecule has 1 saturated heterocycles. The third kappa shape index (κ3) is 4.34. The van der Waals surface area contributed by atoms with E-state index < -0.39 is 5.82 Å². The number of morpholine rings is 1. The Hall–Kier alpha value is -2.45. The van der Waals surface area contributed by atoms with Crippen LogP contribution >= 0.6 is 0 Å². The topological polar surface area (TPSA) is 82.3 Å². The number of carbonyl (C=O) groups excluding carboxylic acids is 1. The molecule has 1 aliphatic heterocycles. The summed E-state index contributed by atoms with van der Waals surface area (Å²) in [7, 11) is 0. The highest BCUT2D eigenvalue weighted by Crippen LogP contribution is 2.39. The summed E-state index contributed by atoms with van der Waals surface area (Å²) in [6, 6.07) is 4.52. The van der Waals surface area contributed by atoms with E-state index in [1.54, 1.807) is 18.3 Å². The van der Waals surface area contributed by atoms with Crippen molar-refractivity contribution in [1.29, 1.82) is 0 Å². The lowest BCUT2D eigenvalue weighted by molar-refractivity contribution is 0.0398. The molecule has 0 unspecified atom stereocenters. The largest absolute Gasteiger partial charge is 0.381 e. The molecule has 1 saturated carbocycles. The second kappa shape index (κ2) is 8.70. The van der Waals surface area contributed by atoms with E-state index in [0.717, 1.165) is 51.3 Å². The van der Waals surface area contributed by atoms with Crippen LogP contribution in [0.5, 0.6) is 0 Å². The number of nitrogens with zero attached hydrogens (tertiary/aromatic N) is 2. The van der Waals surface area contributed by atoms with E-state index >= 15 is 0 Å². The van der Waals surface area contributed by atoms with Crippen LogP contribution in [0.3, 0.4) is 0 Å². The van der Waals surface area contributed by atoms with Crippen molar-refractivity contribution in [3.63, 3.8) is 0 Å². The number of rotatable bonds is 7. The van der Waals surface area contributed by atoms with Crippen molar-refractivity contribution >= 4 is 17.4 Å². The van der Waals surface area contributed by atoms with E-state index in [9.17, 15) is 9.18 Å². The van der Waals surface area contributed by atoms with Crippen LogP contribution in [0.15, 0.2) is 24.4 Å². The molecule has 8 heteroatoms. The normalized spacial score (nSPS) is 17.9. The van der Waals surface area contributed by atoms with E-state index in [0.29, 0.717) is 24.0 Å². The van der Waals surface area contributed by atoms with Gasteiger partial charge in [-0.2, -0.15) is 5.10 Å². The minimum absolute atomic E-state index is 0.283. The number of hydrogen-bond acceptors (Lipinski definition) is 5. The molecule has 3 N–H and O–H groups in total. The maximum absolute atomic E-state index is 14.4. The average molecular weight is 387 g/mol. The van der Waals surface area contributed by atoms with Crippen LogP contribution in [-0.4, -0.2) is 60.4 Å². The van der Waals surface area contributed by atoms with Crippen LogP contribution in [0.4, 0.5) is 15.9 Å². The Morgan fingerprint density at radius 2 is 2.14 bits per heavy atom. The molecular formula is C20H26FN5O2. The number of benzene rings is 1. The molecule has 0 atom stereocenters. The molecule has 2 aromatic rings. The highest BCUT2D eigenvalue weighted by atomic mass is 19.1. The predicted octanol–water partition coefficient (Wildman–Crippen LogP) is 2.81. The van der Waals surface area contributed by atoms with Gasteiger partial charge in [0, 0.05) is 37.3 Å². The maximum Gasteiger partial charge on any atom is 0.256 e. The number of H-pyrrole nitrogens is 1. The van der Waals surface area contributed by atoms with Gasteiger partial charge < -0.3 is 15.4 Å². The summed E-state index contributed by atoms with van der Waals surface area (Å²) in [6.07, 6.45) is 5.19. The van der Waals surface area contributed by atoms with Crippen molar-refractivity contribution in [1.82, 2.24) is 15.1 Å². The van der Waals surface area contributed by atoms with Gasteiger partial charge in [0.15, 0.2) is 0 Å². The van der Waals surface area contributed by atoms with E-state index in [1.165, 1.54) is 12.5 Å². The van der Waals surface area contributed by atoms with Crippen LogP contribution < -0.4 is 10.6 Å². The summed E-state index contributed by atoms with van der Waals surface area (Å²) in [4.78, 5) is 14.8. The Morgan fingerprint density at radius 1 is 1.32 bits per heavy atom. The number of anilines is 2. The van der Waals surface area contributed by atoms with Crippen molar-refractivity contribution in [2.75, 3.05) is 50.0 Å². The van der Waals surface area contributed by atoms with Crippen molar-refractivity contribution in [2.24, 2.45) is 0 Å². The first-order valence-electron chi connectivity index (χ1n) is 9.89. The van der Waals surface area contributed by atoms with Crippen molar-refractivity contribution in [3.8, 4) is 0 Å². The highest BCUT2D eigenvalue weighted by molar-refractivity contribution is 6.04. The third-order valence-corrected chi connectivity index (χ3v) is 5.53. The average Bonchev–Trinajstić information content (AvgIpc) is 3.10. The second-order valence-electron chi connectivity index (χ2n) is 7.36.